The van der Waals surface area contributed by atoms with Gasteiger partial charge in [0, 0.05) is 26.7 Å². The first-order chi connectivity index (χ1) is 13.5. The molecule has 0 amide bonds. The molecule has 0 aliphatic rings. The molecule has 2 rings (SSSR count). The Morgan fingerprint density at radius 1 is 1.07 bits per heavy atom. The number of methoxy groups -OCH3 is 2. The summed E-state index contributed by atoms with van der Waals surface area (Å²) in [7, 11) is 1.44. The Labute approximate surface area is 193 Å². The quantitative estimate of drug-likeness (QED) is 0.180. The van der Waals surface area contributed by atoms with E-state index in [9.17, 15) is 8.42 Å². The molecule has 0 aliphatic heterocycles. The number of benzene rings is 1. The second kappa shape index (κ2) is 12.9. The van der Waals surface area contributed by atoms with Gasteiger partial charge in [-0.15, -0.1) is 35.3 Å². The van der Waals surface area contributed by atoms with Crippen LogP contribution in [0.2, 0.25) is 0 Å². The lowest BCUT2D eigenvalue weighted by Crippen LogP contribution is -2.42. The van der Waals surface area contributed by atoms with Crippen LogP contribution >= 0.6 is 35.3 Å². The third kappa shape index (κ3) is 7.99. The van der Waals surface area contributed by atoms with E-state index in [0.717, 1.165) is 12.0 Å². The number of hydrogen-bond donors (Lipinski definition) is 3. The number of guanidine groups is 1. The second-order valence-electron chi connectivity index (χ2n) is 5.69. The lowest BCUT2D eigenvalue weighted by atomic mass is 10.1. The Morgan fingerprint density at radius 2 is 1.79 bits per heavy atom. The minimum absolute atomic E-state index is 0. The van der Waals surface area contributed by atoms with Crippen molar-refractivity contribution in [2.45, 2.75) is 10.6 Å². The Hall–Kier alpha value is -1.57. The van der Waals surface area contributed by atoms with E-state index >= 15 is 0 Å². The van der Waals surface area contributed by atoms with Gasteiger partial charge in [-0.25, -0.2) is 13.1 Å². The minimum atomic E-state index is -3.44. The molecule has 8 nitrogen and oxygen atoms in total. The molecule has 0 saturated carbocycles. The molecule has 0 atom stereocenters. The molecule has 0 saturated heterocycles. The topological polar surface area (TPSA) is 101 Å². The van der Waals surface area contributed by atoms with Crippen molar-refractivity contribution in [2.24, 2.45) is 4.99 Å². The summed E-state index contributed by atoms with van der Waals surface area (Å²) < 4.78 is 37.5. The summed E-state index contributed by atoms with van der Waals surface area (Å²) in [6, 6.07) is 9.09. The van der Waals surface area contributed by atoms with Gasteiger partial charge in [0.15, 0.2) is 17.5 Å². The maximum Gasteiger partial charge on any atom is 0.250 e. The second-order valence-corrected chi connectivity index (χ2v) is 8.64. The van der Waals surface area contributed by atoms with Crippen LogP contribution in [-0.4, -0.2) is 55.3 Å². The van der Waals surface area contributed by atoms with Crippen molar-refractivity contribution in [3.8, 4) is 11.5 Å². The van der Waals surface area contributed by atoms with E-state index in [1.807, 2.05) is 18.2 Å². The van der Waals surface area contributed by atoms with Crippen LogP contribution in [0, 0.1) is 0 Å². The number of aliphatic imine (C=N–C) groups is 1. The third-order valence-electron chi connectivity index (χ3n) is 3.85. The van der Waals surface area contributed by atoms with Gasteiger partial charge in [0.2, 0.25) is 10.0 Å². The normalized spacial score (nSPS) is 11.5. The largest absolute Gasteiger partial charge is 0.493 e. The number of thiophene rings is 1. The molecule has 11 heteroatoms. The van der Waals surface area contributed by atoms with E-state index in [1.54, 1.807) is 38.8 Å². The van der Waals surface area contributed by atoms with Crippen LogP contribution in [0.4, 0.5) is 0 Å². The number of nitrogens with one attached hydrogen (secondary N) is 3. The molecule has 0 unspecified atom stereocenters. The third-order valence-corrected chi connectivity index (χ3v) is 6.71. The first-order valence-corrected chi connectivity index (χ1v) is 11.0. The molecule has 162 valence electrons. The summed E-state index contributed by atoms with van der Waals surface area (Å²) in [4.78, 5) is 4.14. The highest BCUT2D eigenvalue weighted by molar-refractivity contribution is 14.0. The molecule has 1 aromatic heterocycles. The summed E-state index contributed by atoms with van der Waals surface area (Å²) in [6.45, 7) is 1.34. The molecule has 1 heterocycles. The van der Waals surface area contributed by atoms with Gasteiger partial charge in [-0.1, -0.05) is 12.1 Å². The number of rotatable bonds is 10. The summed E-state index contributed by atoms with van der Waals surface area (Å²) in [6.07, 6.45) is 0.770. The smallest absolute Gasteiger partial charge is 0.250 e. The van der Waals surface area contributed by atoms with Gasteiger partial charge in [-0.2, -0.15) is 0 Å². The minimum Gasteiger partial charge on any atom is -0.493 e. The lowest BCUT2D eigenvalue weighted by Gasteiger charge is -2.13. The summed E-state index contributed by atoms with van der Waals surface area (Å²) in [5, 5.41) is 8.02. The van der Waals surface area contributed by atoms with E-state index in [1.165, 1.54) is 11.3 Å². The van der Waals surface area contributed by atoms with E-state index in [0.29, 0.717) is 34.8 Å². The molecule has 0 spiro atoms. The van der Waals surface area contributed by atoms with Crippen molar-refractivity contribution >= 4 is 51.3 Å². The molecule has 0 aliphatic carbocycles. The monoisotopic (exact) mass is 554 g/mol. The van der Waals surface area contributed by atoms with Crippen molar-refractivity contribution in [3.63, 3.8) is 0 Å². The van der Waals surface area contributed by atoms with E-state index < -0.39 is 10.0 Å². The zero-order chi connectivity index (χ0) is 20.4. The van der Waals surface area contributed by atoms with Crippen molar-refractivity contribution < 1.29 is 17.9 Å². The highest BCUT2D eigenvalue weighted by Gasteiger charge is 2.13. The number of ether oxygens (including phenoxy) is 2. The standard InChI is InChI=1S/C18H26N4O4S2.HI/c1-19-18(21-10-11-22-28(23,24)17-5-4-12-27-17)20-9-8-14-6-7-15(25-2)16(13-14)26-3;/h4-7,12-13,22H,8-11H2,1-3H3,(H2,19,20,21);1H. The van der Waals surface area contributed by atoms with E-state index in [2.05, 4.69) is 20.3 Å². The van der Waals surface area contributed by atoms with Gasteiger partial charge in [0.25, 0.3) is 0 Å². The lowest BCUT2D eigenvalue weighted by molar-refractivity contribution is 0.354. The van der Waals surface area contributed by atoms with Crippen LogP contribution in [0.15, 0.2) is 44.9 Å². The Balaban J connectivity index is 0.00000420. The van der Waals surface area contributed by atoms with Crippen LogP contribution < -0.4 is 24.8 Å². The molecule has 0 radical (unpaired) electrons. The zero-order valence-electron chi connectivity index (χ0n) is 16.6. The Morgan fingerprint density at radius 3 is 2.41 bits per heavy atom. The van der Waals surface area contributed by atoms with Gasteiger partial charge in [-0.3, -0.25) is 4.99 Å². The fraction of sp³-hybridized carbons (Fsp3) is 0.389. The number of nitrogens with zero attached hydrogens (tertiary/aromatic N) is 1. The molecule has 2 aromatic rings. The van der Waals surface area contributed by atoms with Crippen LogP contribution in [0.1, 0.15) is 5.56 Å². The Bertz CT molecular complexity index is 874. The van der Waals surface area contributed by atoms with Crippen LogP contribution in [0.25, 0.3) is 0 Å². The summed E-state index contributed by atoms with van der Waals surface area (Å²) >= 11 is 1.19. The first-order valence-electron chi connectivity index (χ1n) is 8.68. The molecule has 0 fully saturated rings. The number of sulfonamides is 1. The summed E-state index contributed by atoms with van der Waals surface area (Å²) in [5.74, 6) is 2.00. The molecule has 29 heavy (non-hydrogen) atoms. The molecule has 3 N–H and O–H groups in total. The van der Waals surface area contributed by atoms with Crippen LogP contribution in [0.5, 0.6) is 11.5 Å². The Kier molecular flexibility index (Phi) is 11.3. The van der Waals surface area contributed by atoms with Crippen LogP contribution in [0.3, 0.4) is 0 Å². The maximum absolute atomic E-state index is 12.0. The molecule has 1 aromatic carbocycles. The first kappa shape index (κ1) is 25.5. The zero-order valence-corrected chi connectivity index (χ0v) is 20.6. The predicted octanol–water partition coefficient (Wildman–Crippen LogP) is 2.07. The molecule has 0 bridgehead atoms. The van der Waals surface area contributed by atoms with Crippen LogP contribution in [-0.2, 0) is 16.4 Å². The van der Waals surface area contributed by atoms with Crippen molar-refractivity contribution in [1.29, 1.82) is 0 Å². The van der Waals surface area contributed by atoms with E-state index in [-0.39, 0.29) is 30.5 Å². The SMILES string of the molecule is CN=C(NCCNS(=O)(=O)c1cccs1)NCCc1ccc(OC)c(OC)c1.I. The average Bonchev–Trinajstić information content (AvgIpc) is 3.25. The van der Waals surface area contributed by atoms with Crippen molar-refractivity contribution in [3.05, 3.63) is 41.3 Å². The van der Waals surface area contributed by atoms with Gasteiger partial charge in [0.1, 0.15) is 4.21 Å². The van der Waals surface area contributed by atoms with Crippen molar-refractivity contribution in [1.82, 2.24) is 15.4 Å². The molecular weight excluding hydrogens is 527 g/mol. The number of hydrogen-bond acceptors (Lipinski definition) is 6. The maximum atomic E-state index is 12.0. The van der Waals surface area contributed by atoms with Gasteiger partial charge >= 0.3 is 0 Å². The van der Waals surface area contributed by atoms with E-state index in [4.69, 9.17) is 9.47 Å². The van der Waals surface area contributed by atoms with Gasteiger partial charge in [0.05, 0.1) is 14.2 Å². The van der Waals surface area contributed by atoms with Gasteiger partial charge < -0.3 is 20.1 Å². The predicted molar refractivity (Wildman–Crippen MR) is 128 cm³/mol. The highest BCUT2D eigenvalue weighted by Crippen LogP contribution is 2.27. The fourth-order valence-electron chi connectivity index (χ4n) is 2.44. The highest BCUT2D eigenvalue weighted by atomic mass is 127. The van der Waals surface area contributed by atoms with Gasteiger partial charge in [-0.05, 0) is 35.6 Å². The molecular formula is C18H27IN4O4S2. The number of halogens is 1. The average molecular weight is 554 g/mol. The summed E-state index contributed by atoms with van der Waals surface area (Å²) in [5.41, 5.74) is 1.10. The fourth-order valence-corrected chi connectivity index (χ4v) is 4.51. The van der Waals surface area contributed by atoms with Crippen molar-refractivity contribution in [2.75, 3.05) is 40.9 Å².